The van der Waals surface area contributed by atoms with Crippen molar-refractivity contribution in [2.24, 2.45) is 5.41 Å². The van der Waals surface area contributed by atoms with Crippen molar-refractivity contribution < 1.29 is 13.2 Å². The van der Waals surface area contributed by atoms with Crippen LogP contribution in [0, 0.1) is 5.41 Å². The molecule has 0 saturated carbocycles. The number of sulfone groups is 1. The van der Waals surface area contributed by atoms with Crippen LogP contribution in [0.1, 0.15) is 30.9 Å². The molecule has 0 aliphatic rings. The van der Waals surface area contributed by atoms with Gasteiger partial charge in [-0.05, 0) is 23.3 Å². The third kappa shape index (κ3) is 4.56. The van der Waals surface area contributed by atoms with E-state index in [-0.39, 0.29) is 17.7 Å². The molecule has 10 heteroatoms. The largest absolute Gasteiger partial charge is 0.300 e. The Morgan fingerprint density at radius 1 is 1.16 bits per heavy atom. The van der Waals surface area contributed by atoms with E-state index in [2.05, 4.69) is 20.6 Å². The predicted octanol–water partition coefficient (Wildman–Crippen LogP) is 3.69. The van der Waals surface area contributed by atoms with Crippen molar-refractivity contribution in [3.63, 3.8) is 0 Å². The first kappa shape index (κ1) is 22.1. The molecule has 2 aromatic heterocycles. The third-order valence-electron chi connectivity index (χ3n) is 5.38. The van der Waals surface area contributed by atoms with Crippen molar-refractivity contribution in [3.8, 4) is 0 Å². The van der Waals surface area contributed by atoms with Crippen molar-refractivity contribution in [2.75, 3.05) is 11.6 Å². The van der Waals surface area contributed by atoms with Crippen LogP contribution in [-0.4, -0.2) is 40.6 Å². The highest BCUT2D eigenvalue weighted by atomic mass is 32.2. The zero-order valence-electron chi connectivity index (χ0n) is 17.9. The average Bonchev–Trinajstić information content (AvgIpc) is 3.38. The molecule has 8 nitrogen and oxygen atoms in total. The van der Waals surface area contributed by atoms with Gasteiger partial charge in [0.25, 0.3) is 0 Å². The SMILES string of the molecule is CC(C)(C(=O)Nc1nncs1)C(c1ccccc1)c1ccc2c(cnn2CS(C)(=O)=O)c1. The Hall–Kier alpha value is -3.11. The molecule has 0 spiro atoms. The van der Waals surface area contributed by atoms with Crippen molar-refractivity contribution in [2.45, 2.75) is 25.6 Å². The molecule has 4 rings (SSSR count). The Kier molecular flexibility index (Phi) is 5.83. The number of rotatable bonds is 7. The molecule has 1 amide bonds. The summed E-state index contributed by atoms with van der Waals surface area (Å²) in [6, 6.07) is 15.6. The zero-order valence-corrected chi connectivity index (χ0v) is 19.5. The predicted molar refractivity (Wildman–Crippen MR) is 125 cm³/mol. The van der Waals surface area contributed by atoms with Crippen LogP contribution in [0.25, 0.3) is 10.9 Å². The van der Waals surface area contributed by atoms with Crippen LogP contribution in [0.4, 0.5) is 5.13 Å². The number of benzene rings is 2. The molecular weight excluding hydrogens is 446 g/mol. The second-order valence-corrected chi connectivity index (χ2v) is 11.2. The lowest BCUT2D eigenvalue weighted by atomic mass is 9.70. The second kappa shape index (κ2) is 8.44. The Bertz CT molecular complexity index is 1350. The number of nitrogens with zero attached hydrogens (tertiary/aromatic N) is 4. The van der Waals surface area contributed by atoms with Gasteiger partial charge in [0.05, 0.1) is 17.1 Å². The molecule has 0 bridgehead atoms. The monoisotopic (exact) mass is 469 g/mol. The fourth-order valence-electron chi connectivity index (χ4n) is 3.90. The molecule has 0 fully saturated rings. The smallest absolute Gasteiger partial charge is 0.232 e. The molecule has 0 saturated heterocycles. The highest BCUT2D eigenvalue weighted by Gasteiger charge is 2.39. The van der Waals surface area contributed by atoms with Crippen molar-refractivity contribution in [1.82, 2.24) is 20.0 Å². The molecule has 0 aliphatic carbocycles. The number of aromatic nitrogens is 4. The normalized spacial score (nSPS) is 13.2. The van der Waals surface area contributed by atoms with Crippen LogP contribution in [0.15, 0.2) is 60.2 Å². The number of hydrogen-bond acceptors (Lipinski definition) is 7. The van der Waals surface area contributed by atoms with E-state index in [1.54, 1.807) is 11.7 Å². The Balaban J connectivity index is 1.77. The van der Waals surface area contributed by atoms with Gasteiger partial charge in [0.1, 0.15) is 11.4 Å². The van der Waals surface area contributed by atoms with Crippen LogP contribution in [0.2, 0.25) is 0 Å². The number of fused-ring (bicyclic) bond motifs is 1. The number of amides is 1. The van der Waals surface area contributed by atoms with Crippen molar-refractivity contribution >= 4 is 43.1 Å². The van der Waals surface area contributed by atoms with Crippen LogP contribution in [0.3, 0.4) is 0 Å². The van der Waals surface area contributed by atoms with E-state index in [0.717, 1.165) is 22.0 Å². The Morgan fingerprint density at radius 2 is 1.91 bits per heavy atom. The molecule has 166 valence electrons. The van der Waals surface area contributed by atoms with Crippen LogP contribution < -0.4 is 5.32 Å². The molecule has 2 aromatic carbocycles. The summed E-state index contributed by atoms with van der Waals surface area (Å²) in [7, 11) is -3.23. The van der Waals surface area contributed by atoms with E-state index in [4.69, 9.17) is 0 Å². The highest BCUT2D eigenvalue weighted by Crippen LogP contribution is 2.42. The van der Waals surface area contributed by atoms with E-state index >= 15 is 0 Å². The van der Waals surface area contributed by atoms with Gasteiger partial charge in [-0.15, -0.1) is 10.2 Å². The lowest BCUT2D eigenvalue weighted by molar-refractivity contribution is -0.124. The molecule has 1 unspecified atom stereocenters. The molecule has 0 radical (unpaired) electrons. The fraction of sp³-hybridized carbons (Fsp3) is 0.273. The number of anilines is 1. The van der Waals surface area contributed by atoms with Gasteiger partial charge in [0, 0.05) is 17.6 Å². The summed E-state index contributed by atoms with van der Waals surface area (Å²) in [5, 5.41) is 16.1. The molecule has 32 heavy (non-hydrogen) atoms. The van der Waals surface area contributed by atoms with Gasteiger partial charge in [-0.25, -0.2) is 13.1 Å². The summed E-state index contributed by atoms with van der Waals surface area (Å²) >= 11 is 1.27. The summed E-state index contributed by atoms with van der Waals surface area (Å²) < 4.78 is 24.9. The summed E-state index contributed by atoms with van der Waals surface area (Å²) in [6.45, 7) is 3.80. The maximum absolute atomic E-state index is 13.3. The lowest BCUT2D eigenvalue weighted by Crippen LogP contribution is -2.37. The minimum absolute atomic E-state index is 0.170. The van der Waals surface area contributed by atoms with Gasteiger partial charge in [0.15, 0.2) is 9.84 Å². The minimum Gasteiger partial charge on any atom is -0.300 e. The summed E-state index contributed by atoms with van der Waals surface area (Å²) in [5.41, 5.74) is 3.39. The topological polar surface area (TPSA) is 107 Å². The van der Waals surface area contributed by atoms with Crippen molar-refractivity contribution in [1.29, 1.82) is 0 Å². The van der Waals surface area contributed by atoms with E-state index in [0.29, 0.717) is 5.13 Å². The molecule has 1 N–H and O–H groups in total. The van der Waals surface area contributed by atoms with Gasteiger partial charge in [-0.2, -0.15) is 5.10 Å². The van der Waals surface area contributed by atoms with Crippen LogP contribution in [-0.2, 0) is 20.5 Å². The van der Waals surface area contributed by atoms with E-state index < -0.39 is 15.3 Å². The van der Waals surface area contributed by atoms with E-state index in [9.17, 15) is 13.2 Å². The standard InChI is InChI=1S/C22H23N5O3S2/c1-22(2,20(28)25-21-26-23-13-31-21)19(15-7-5-4-6-8-15)16-9-10-18-17(11-16)12-24-27(18)14-32(3,29)30/h4-13,19H,14H2,1-3H3,(H,25,26,28). The zero-order chi connectivity index (χ0) is 22.9. The molecular formula is C22H23N5O3S2. The van der Waals surface area contributed by atoms with Gasteiger partial charge in [0.2, 0.25) is 11.0 Å². The van der Waals surface area contributed by atoms with E-state index in [1.165, 1.54) is 22.3 Å². The van der Waals surface area contributed by atoms with Crippen LogP contribution in [0.5, 0.6) is 0 Å². The first-order valence-corrected chi connectivity index (χ1v) is 12.8. The summed E-state index contributed by atoms with van der Waals surface area (Å²) in [6.07, 6.45) is 2.83. The van der Waals surface area contributed by atoms with Gasteiger partial charge in [-0.3, -0.25) is 4.79 Å². The van der Waals surface area contributed by atoms with Crippen LogP contribution >= 0.6 is 11.3 Å². The second-order valence-electron chi connectivity index (χ2n) is 8.28. The maximum Gasteiger partial charge on any atom is 0.232 e. The first-order chi connectivity index (χ1) is 15.1. The van der Waals surface area contributed by atoms with Gasteiger partial charge >= 0.3 is 0 Å². The first-order valence-electron chi connectivity index (χ1n) is 9.91. The number of nitrogens with one attached hydrogen (secondary N) is 1. The third-order valence-corrected chi connectivity index (χ3v) is 6.70. The fourth-order valence-corrected chi connectivity index (χ4v) is 4.99. The highest BCUT2D eigenvalue weighted by molar-refractivity contribution is 7.89. The summed E-state index contributed by atoms with van der Waals surface area (Å²) in [5.74, 6) is -0.622. The molecule has 1 atom stereocenters. The summed E-state index contributed by atoms with van der Waals surface area (Å²) in [4.78, 5) is 13.3. The Morgan fingerprint density at radius 3 is 2.56 bits per heavy atom. The van der Waals surface area contributed by atoms with E-state index in [1.807, 2.05) is 62.4 Å². The average molecular weight is 470 g/mol. The van der Waals surface area contributed by atoms with Crippen molar-refractivity contribution in [3.05, 3.63) is 71.4 Å². The Labute approximate surface area is 190 Å². The number of carbonyl (C=O) groups excluding carboxylic acids is 1. The molecule has 2 heterocycles. The van der Waals surface area contributed by atoms with Gasteiger partial charge < -0.3 is 5.32 Å². The van der Waals surface area contributed by atoms with Gasteiger partial charge in [-0.1, -0.05) is 61.6 Å². The quantitative estimate of drug-likeness (QED) is 0.442. The minimum atomic E-state index is -3.23. The molecule has 4 aromatic rings. The molecule has 0 aliphatic heterocycles. The number of hydrogen-bond donors (Lipinski definition) is 1. The lowest BCUT2D eigenvalue weighted by Gasteiger charge is -2.33. The maximum atomic E-state index is 13.3. The number of carbonyl (C=O) groups is 1.